The summed E-state index contributed by atoms with van der Waals surface area (Å²) in [5.74, 6) is 0.843. The Balaban J connectivity index is 1.51. The number of halogens is 1. The Kier molecular flexibility index (Phi) is 7.77. The smallest absolute Gasteiger partial charge is 0.318 e. The van der Waals surface area contributed by atoms with Crippen molar-refractivity contribution >= 4 is 28.2 Å². The fourth-order valence-corrected chi connectivity index (χ4v) is 5.62. The van der Waals surface area contributed by atoms with Crippen LogP contribution in [0.2, 0.25) is 5.02 Å². The zero-order chi connectivity index (χ0) is 25.9. The number of piperazine rings is 1. The summed E-state index contributed by atoms with van der Waals surface area (Å²) in [5.41, 5.74) is 2.99. The highest BCUT2D eigenvalue weighted by molar-refractivity contribution is 6.35. The van der Waals surface area contributed by atoms with Gasteiger partial charge in [-0.15, -0.1) is 0 Å². The maximum Gasteiger partial charge on any atom is 0.318 e. The first-order valence-electron chi connectivity index (χ1n) is 12.8. The minimum Gasteiger partial charge on any atom is -0.459 e. The van der Waals surface area contributed by atoms with Gasteiger partial charge in [0.2, 0.25) is 0 Å². The zero-order valence-corrected chi connectivity index (χ0v) is 22.3. The fraction of sp³-hybridized carbons (Fsp3) is 0.464. The number of aromatic nitrogens is 2. The van der Waals surface area contributed by atoms with E-state index in [0.29, 0.717) is 32.0 Å². The second kappa shape index (κ2) is 11.2. The van der Waals surface area contributed by atoms with Crippen LogP contribution >= 0.6 is 11.6 Å². The van der Waals surface area contributed by atoms with Gasteiger partial charge in [-0.1, -0.05) is 41.9 Å². The van der Waals surface area contributed by atoms with Crippen LogP contribution in [0.15, 0.2) is 36.4 Å². The van der Waals surface area contributed by atoms with Crippen LogP contribution in [0.5, 0.6) is 6.01 Å². The van der Waals surface area contributed by atoms with Gasteiger partial charge < -0.3 is 24.6 Å². The molecule has 0 radical (unpaired) electrons. The van der Waals surface area contributed by atoms with Crippen LogP contribution < -0.4 is 15.0 Å². The summed E-state index contributed by atoms with van der Waals surface area (Å²) in [7, 11) is 4.04. The largest absolute Gasteiger partial charge is 0.459 e. The van der Waals surface area contributed by atoms with E-state index < -0.39 is 0 Å². The Hall–Kier alpha value is -2.96. The summed E-state index contributed by atoms with van der Waals surface area (Å²) in [6.45, 7) is 5.47. The van der Waals surface area contributed by atoms with E-state index in [-0.39, 0.29) is 18.2 Å². The molecule has 2 aliphatic rings. The maximum atomic E-state index is 9.23. The molecule has 3 heterocycles. The molecule has 9 heteroatoms. The Morgan fingerprint density at radius 1 is 1.27 bits per heavy atom. The minimum atomic E-state index is -0.180. The SMILES string of the molecule is CC(CN(C)C)Oc1nc2c(c(N3CCN[C@@H](CC#N)C3)n1)CO[C@H](c1cccc3cccc(Cl)c13)C2. The Morgan fingerprint density at radius 3 is 2.86 bits per heavy atom. The molecule has 5 rings (SSSR count). The topological polar surface area (TPSA) is 86.5 Å². The van der Waals surface area contributed by atoms with Crippen molar-refractivity contribution in [3.05, 3.63) is 58.2 Å². The predicted molar refractivity (Wildman–Crippen MR) is 145 cm³/mol. The van der Waals surface area contributed by atoms with Gasteiger partial charge in [0.15, 0.2) is 0 Å². The van der Waals surface area contributed by atoms with Gasteiger partial charge in [-0.2, -0.15) is 15.2 Å². The van der Waals surface area contributed by atoms with Crippen molar-refractivity contribution in [3.63, 3.8) is 0 Å². The number of rotatable bonds is 7. The second-order valence-electron chi connectivity index (χ2n) is 10.1. The average Bonchev–Trinajstić information content (AvgIpc) is 2.87. The first-order chi connectivity index (χ1) is 17.9. The lowest BCUT2D eigenvalue weighted by molar-refractivity contribution is 0.0263. The number of anilines is 1. The lowest BCUT2D eigenvalue weighted by Gasteiger charge is -2.36. The van der Waals surface area contributed by atoms with Crippen LogP contribution in [0, 0.1) is 11.3 Å². The molecule has 194 valence electrons. The molecule has 0 saturated carbocycles. The minimum absolute atomic E-state index is 0.0669. The highest BCUT2D eigenvalue weighted by Crippen LogP contribution is 2.39. The molecule has 8 nitrogen and oxygen atoms in total. The summed E-state index contributed by atoms with van der Waals surface area (Å²) in [5, 5.41) is 15.5. The fourth-order valence-electron chi connectivity index (χ4n) is 5.33. The van der Waals surface area contributed by atoms with Crippen molar-refractivity contribution in [2.75, 3.05) is 45.2 Å². The second-order valence-corrected chi connectivity index (χ2v) is 10.5. The molecule has 1 N–H and O–H groups in total. The van der Waals surface area contributed by atoms with Crippen molar-refractivity contribution in [2.24, 2.45) is 0 Å². The molecule has 37 heavy (non-hydrogen) atoms. The maximum absolute atomic E-state index is 9.23. The van der Waals surface area contributed by atoms with E-state index in [1.165, 1.54) is 0 Å². The number of fused-ring (bicyclic) bond motifs is 2. The summed E-state index contributed by atoms with van der Waals surface area (Å²) in [6.07, 6.45) is 0.803. The molecule has 3 aromatic rings. The van der Waals surface area contributed by atoms with E-state index in [9.17, 15) is 5.26 Å². The molecular weight excluding hydrogens is 488 g/mol. The molecule has 3 atom stereocenters. The van der Waals surface area contributed by atoms with Gasteiger partial charge in [-0.05, 0) is 38.0 Å². The van der Waals surface area contributed by atoms with Crippen molar-refractivity contribution in [1.82, 2.24) is 20.2 Å². The number of nitriles is 1. The van der Waals surface area contributed by atoms with E-state index >= 15 is 0 Å². The van der Waals surface area contributed by atoms with Crippen LogP contribution in [0.1, 0.15) is 36.3 Å². The molecule has 2 aliphatic heterocycles. The van der Waals surface area contributed by atoms with Crippen LogP contribution in [0.25, 0.3) is 10.8 Å². The third-order valence-corrected chi connectivity index (χ3v) is 7.23. The number of hydrogen-bond acceptors (Lipinski definition) is 8. The van der Waals surface area contributed by atoms with Gasteiger partial charge in [-0.25, -0.2) is 0 Å². The zero-order valence-electron chi connectivity index (χ0n) is 21.6. The van der Waals surface area contributed by atoms with E-state index in [2.05, 4.69) is 39.4 Å². The number of nitrogens with one attached hydrogen (secondary N) is 1. The Labute approximate surface area is 223 Å². The first kappa shape index (κ1) is 25.7. The van der Waals surface area contributed by atoms with Crippen molar-refractivity contribution in [1.29, 1.82) is 5.26 Å². The number of nitrogens with zero attached hydrogens (tertiary/aromatic N) is 5. The quantitative estimate of drug-likeness (QED) is 0.498. The van der Waals surface area contributed by atoms with E-state index in [1.54, 1.807) is 0 Å². The summed E-state index contributed by atoms with van der Waals surface area (Å²) in [4.78, 5) is 14.1. The molecule has 1 unspecified atom stereocenters. The number of benzene rings is 2. The Bertz CT molecular complexity index is 1300. The molecule has 1 saturated heterocycles. The number of likely N-dealkylation sites (N-methyl/N-ethyl adjacent to an activating group) is 1. The van der Waals surface area contributed by atoms with E-state index in [1.807, 2.05) is 39.2 Å². The summed E-state index contributed by atoms with van der Waals surface area (Å²) >= 11 is 6.63. The lowest BCUT2D eigenvalue weighted by atomic mass is 9.94. The molecular formula is C28H33ClN6O2. The summed E-state index contributed by atoms with van der Waals surface area (Å²) < 4.78 is 12.7. The van der Waals surface area contributed by atoms with Crippen LogP contribution in [-0.2, 0) is 17.8 Å². The van der Waals surface area contributed by atoms with Crippen LogP contribution in [-0.4, -0.2) is 67.3 Å². The molecule has 1 fully saturated rings. The molecule has 1 aromatic heterocycles. The van der Waals surface area contributed by atoms with Gasteiger partial charge in [0.25, 0.3) is 0 Å². The molecule has 2 aromatic carbocycles. The monoisotopic (exact) mass is 520 g/mol. The normalized spacial score (nSPS) is 20.5. The highest BCUT2D eigenvalue weighted by atomic mass is 35.5. The van der Waals surface area contributed by atoms with Crippen molar-refractivity contribution < 1.29 is 9.47 Å². The molecule has 0 bridgehead atoms. The third-order valence-electron chi connectivity index (χ3n) is 6.91. The number of ether oxygens (including phenoxy) is 2. The van der Waals surface area contributed by atoms with E-state index in [4.69, 9.17) is 31.0 Å². The standard InChI is InChI=1S/C28H33ClN6O2/c1-18(15-34(2)3)37-28-32-24-14-25(21-8-4-6-19-7-5-9-23(29)26(19)21)36-17-22(24)27(33-28)35-13-12-31-20(16-35)10-11-30/h4-9,18,20,25,31H,10,12-17H2,1-3H3/t18?,20-,25-/m0/s1. The molecule has 0 aliphatic carbocycles. The van der Waals surface area contributed by atoms with Gasteiger partial charge in [0.1, 0.15) is 11.9 Å². The van der Waals surface area contributed by atoms with Crippen LogP contribution in [0.4, 0.5) is 5.82 Å². The molecule has 0 spiro atoms. The lowest BCUT2D eigenvalue weighted by Crippen LogP contribution is -2.51. The molecule has 0 amide bonds. The van der Waals surface area contributed by atoms with E-state index in [0.717, 1.165) is 58.1 Å². The Morgan fingerprint density at radius 2 is 2.08 bits per heavy atom. The number of hydrogen-bond donors (Lipinski definition) is 1. The van der Waals surface area contributed by atoms with Crippen LogP contribution in [0.3, 0.4) is 0 Å². The predicted octanol–water partition coefficient (Wildman–Crippen LogP) is 4.12. The van der Waals surface area contributed by atoms with Crippen molar-refractivity contribution in [3.8, 4) is 12.1 Å². The summed E-state index contributed by atoms with van der Waals surface area (Å²) in [6, 6.07) is 14.9. The average molecular weight is 521 g/mol. The highest BCUT2D eigenvalue weighted by Gasteiger charge is 2.31. The third kappa shape index (κ3) is 5.65. The van der Waals surface area contributed by atoms with Gasteiger partial charge in [0.05, 0.1) is 30.9 Å². The first-order valence-corrected chi connectivity index (χ1v) is 13.2. The van der Waals surface area contributed by atoms with Gasteiger partial charge in [-0.3, -0.25) is 0 Å². The van der Waals surface area contributed by atoms with Crippen molar-refractivity contribution in [2.45, 2.75) is 44.6 Å². The van der Waals surface area contributed by atoms with Gasteiger partial charge >= 0.3 is 6.01 Å². The van der Waals surface area contributed by atoms with Gasteiger partial charge in [0, 0.05) is 54.6 Å².